The number of amides is 1. The lowest BCUT2D eigenvalue weighted by Crippen LogP contribution is -2.37. The molecule has 0 spiro atoms. The van der Waals surface area contributed by atoms with Gasteiger partial charge in [0.25, 0.3) is 0 Å². The van der Waals surface area contributed by atoms with Crippen LogP contribution in [0.25, 0.3) is 0 Å². The van der Waals surface area contributed by atoms with E-state index in [1.807, 2.05) is 0 Å². The fourth-order valence-corrected chi connectivity index (χ4v) is 2.42. The summed E-state index contributed by atoms with van der Waals surface area (Å²) in [6, 6.07) is 11.0. The van der Waals surface area contributed by atoms with E-state index in [1.165, 1.54) is 24.3 Å². The summed E-state index contributed by atoms with van der Waals surface area (Å²) < 4.78 is 52.1. The molecule has 0 unspecified atom stereocenters. The molecule has 25 heavy (non-hydrogen) atoms. The fraction of sp³-hybridized carbons (Fsp3) is 0.316. The lowest BCUT2D eigenvalue weighted by atomic mass is 9.83. The van der Waals surface area contributed by atoms with Crippen molar-refractivity contribution >= 4 is 5.91 Å². The van der Waals surface area contributed by atoms with Crippen molar-refractivity contribution in [2.45, 2.75) is 31.9 Å². The Hall–Kier alpha value is -2.37. The van der Waals surface area contributed by atoms with Crippen molar-refractivity contribution in [2.24, 2.45) is 0 Å². The Morgan fingerprint density at radius 2 is 1.64 bits per heavy atom. The zero-order valence-electron chi connectivity index (χ0n) is 14.0. The summed E-state index contributed by atoms with van der Waals surface area (Å²) in [6.07, 6.45) is -4.54. The predicted molar refractivity (Wildman–Crippen MR) is 87.6 cm³/mol. The number of carbonyl (C=O) groups excluding carboxylic acids is 1. The third-order valence-electron chi connectivity index (χ3n) is 4.01. The molecule has 1 N–H and O–H groups in total. The molecule has 6 heteroatoms. The highest BCUT2D eigenvalue weighted by Gasteiger charge is 2.32. The first kappa shape index (κ1) is 19.0. The molecule has 0 aliphatic rings. The SMILES string of the molecule is CC(C)(CNC(=O)Cc1ccccc1F)c1cccc(C(F)(F)F)c1. The van der Waals surface area contributed by atoms with E-state index in [-0.39, 0.29) is 24.4 Å². The number of benzene rings is 2. The molecule has 2 aromatic carbocycles. The average molecular weight is 353 g/mol. The predicted octanol–water partition coefficient (Wildman–Crippen LogP) is 4.48. The second-order valence-corrected chi connectivity index (χ2v) is 6.51. The molecule has 0 bridgehead atoms. The van der Waals surface area contributed by atoms with Gasteiger partial charge >= 0.3 is 6.18 Å². The second-order valence-electron chi connectivity index (χ2n) is 6.51. The zero-order chi connectivity index (χ0) is 18.7. The van der Waals surface area contributed by atoms with Gasteiger partial charge in [0.2, 0.25) is 5.91 Å². The van der Waals surface area contributed by atoms with Crippen molar-refractivity contribution in [1.82, 2.24) is 5.32 Å². The van der Waals surface area contributed by atoms with Gasteiger partial charge in [0.05, 0.1) is 12.0 Å². The van der Waals surface area contributed by atoms with Crippen LogP contribution in [0, 0.1) is 5.82 Å². The molecule has 0 atom stereocenters. The van der Waals surface area contributed by atoms with Crippen molar-refractivity contribution < 1.29 is 22.4 Å². The Labute approximate surface area is 143 Å². The molecule has 2 nitrogen and oxygen atoms in total. The fourth-order valence-electron chi connectivity index (χ4n) is 2.42. The molecule has 134 valence electrons. The second kappa shape index (κ2) is 7.25. The van der Waals surface area contributed by atoms with Gasteiger partial charge < -0.3 is 5.32 Å². The van der Waals surface area contributed by atoms with Crippen LogP contribution in [-0.2, 0) is 22.8 Å². The number of hydrogen-bond acceptors (Lipinski definition) is 1. The van der Waals surface area contributed by atoms with E-state index in [0.717, 1.165) is 12.1 Å². The molecule has 0 saturated carbocycles. The van der Waals surface area contributed by atoms with Crippen LogP contribution in [0.1, 0.15) is 30.5 Å². The van der Waals surface area contributed by atoms with E-state index in [0.29, 0.717) is 5.56 Å². The minimum atomic E-state index is -4.42. The highest BCUT2D eigenvalue weighted by atomic mass is 19.4. The lowest BCUT2D eigenvalue weighted by molar-refractivity contribution is -0.137. The zero-order valence-corrected chi connectivity index (χ0v) is 14.0. The topological polar surface area (TPSA) is 29.1 Å². The quantitative estimate of drug-likeness (QED) is 0.789. The summed E-state index contributed by atoms with van der Waals surface area (Å²) in [6.45, 7) is 3.62. The number of rotatable bonds is 5. The highest BCUT2D eigenvalue weighted by molar-refractivity contribution is 5.78. The molecule has 0 aliphatic heterocycles. The molecule has 0 aromatic heterocycles. The Balaban J connectivity index is 2.04. The first-order chi connectivity index (χ1) is 11.6. The minimum absolute atomic E-state index is 0.120. The number of hydrogen-bond donors (Lipinski definition) is 1. The Bertz CT molecular complexity index is 753. The van der Waals surface area contributed by atoms with Gasteiger partial charge in [-0.05, 0) is 23.3 Å². The summed E-state index contributed by atoms with van der Waals surface area (Å²) in [5, 5.41) is 2.67. The van der Waals surface area contributed by atoms with Gasteiger partial charge in [-0.3, -0.25) is 4.79 Å². The molecular formula is C19H19F4NO. The van der Waals surface area contributed by atoms with Crippen LogP contribution in [-0.4, -0.2) is 12.5 Å². The molecule has 0 fully saturated rings. The molecule has 1 amide bonds. The van der Waals surface area contributed by atoms with E-state index < -0.39 is 23.0 Å². The van der Waals surface area contributed by atoms with Gasteiger partial charge in [0, 0.05) is 12.0 Å². The molecule has 2 rings (SSSR count). The van der Waals surface area contributed by atoms with E-state index in [1.54, 1.807) is 26.0 Å². The van der Waals surface area contributed by atoms with Crippen LogP contribution in [0.15, 0.2) is 48.5 Å². The van der Waals surface area contributed by atoms with E-state index >= 15 is 0 Å². The van der Waals surface area contributed by atoms with Gasteiger partial charge in [-0.25, -0.2) is 4.39 Å². The molecule has 0 radical (unpaired) electrons. The Morgan fingerprint density at radius 1 is 1.00 bits per heavy atom. The van der Waals surface area contributed by atoms with Crippen LogP contribution >= 0.6 is 0 Å². The monoisotopic (exact) mass is 353 g/mol. The molecule has 0 heterocycles. The van der Waals surface area contributed by atoms with E-state index in [4.69, 9.17) is 0 Å². The normalized spacial score (nSPS) is 12.1. The Morgan fingerprint density at radius 3 is 2.28 bits per heavy atom. The first-order valence-corrected chi connectivity index (χ1v) is 7.77. The minimum Gasteiger partial charge on any atom is -0.355 e. The number of nitrogens with one attached hydrogen (secondary N) is 1. The lowest BCUT2D eigenvalue weighted by Gasteiger charge is -2.26. The van der Waals surface area contributed by atoms with Crippen molar-refractivity contribution in [2.75, 3.05) is 6.54 Å². The van der Waals surface area contributed by atoms with Crippen LogP contribution in [0.2, 0.25) is 0 Å². The van der Waals surface area contributed by atoms with Gasteiger partial charge in [-0.15, -0.1) is 0 Å². The van der Waals surface area contributed by atoms with Crippen LogP contribution in [0.5, 0.6) is 0 Å². The average Bonchev–Trinajstić information content (AvgIpc) is 2.55. The van der Waals surface area contributed by atoms with Crippen LogP contribution in [0.3, 0.4) is 0 Å². The number of alkyl halides is 3. The van der Waals surface area contributed by atoms with Gasteiger partial charge in [0.1, 0.15) is 5.82 Å². The maximum Gasteiger partial charge on any atom is 0.416 e. The maximum absolute atomic E-state index is 13.6. The number of carbonyl (C=O) groups is 1. The van der Waals surface area contributed by atoms with Crippen molar-refractivity contribution in [3.63, 3.8) is 0 Å². The van der Waals surface area contributed by atoms with Crippen LogP contribution < -0.4 is 5.32 Å². The summed E-state index contributed by atoms with van der Waals surface area (Å²) in [4.78, 5) is 12.0. The summed E-state index contributed by atoms with van der Waals surface area (Å²) >= 11 is 0. The standard InChI is InChI=1S/C19H19F4NO/c1-18(2,14-7-5-8-15(11-14)19(21,22)23)12-24-17(25)10-13-6-3-4-9-16(13)20/h3-9,11H,10,12H2,1-2H3,(H,24,25). The third kappa shape index (κ3) is 5.05. The summed E-state index contributed by atoms with van der Waals surface area (Å²) in [7, 11) is 0. The summed E-state index contributed by atoms with van der Waals surface area (Å²) in [5.41, 5.74) is -0.687. The molecule has 0 aliphatic carbocycles. The van der Waals surface area contributed by atoms with Crippen molar-refractivity contribution in [1.29, 1.82) is 0 Å². The Kier molecular flexibility index (Phi) is 5.50. The summed E-state index contributed by atoms with van der Waals surface area (Å²) in [5.74, 6) is -0.847. The maximum atomic E-state index is 13.6. The molecular weight excluding hydrogens is 334 g/mol. The third-order valence-corrected chi connectivity index (χ3v) is 4.01. The van der Waals surface area contributed by atoms with Crippen molar-refractivity contribution in [3.05, 3.63) is 71.0 Å². The first-order valence-electron chi connectivity index (χ1n) is 7.77. The van der Waals surface area contributed by atoms with Gasteiger partial charge in [0.15, 0.2) is 0 Å². The number of halogens is 4. The molecule has 0 saturated heterocycles. The van der Waals surface area contributed by atoms with Gasteiger partial charge in [-0.2, -0.15) is 13.2 Å². The largest absolute Gasteiger partial charge is 0.416 e. The van der Waals surface area contributed by atoms with Crippen LogP contribution in [0.4, 0.5) is 17.6 Å². The van der Waals surface area contributed by atoms with E-state index in [2.05, 4.69) is 5.32 Å². The van der Waals surface area contributed by atoms with Crippen molar-refractivity contribution in [3.8, 4) is 0 Å². The smallest absolute Gasteiger partial charge is 0.355 e. The highest BCUT2D eigenvalue weighted by Crippen LogP contribution is 2.32. The van der Waals surface area contributed by atoms with Gasteiger partial charge in [-0.1, -0.05) is 50.2 Å². The molecule has 2 aromatic rings. The van der Waals surface area contributed by atoms with E-state index in [9.17, 15) is 22.4 Å².